The summed E-state index contributed by atoms with van der Waals surface area (Å²) in [4.78, 5) is 49.6. The van der Waals surface area contributed by atoms with Crippen LogP contribution in [0, 0.1) is 5.92 Å². The summed E-state index contributed by atoms with van der Waals surface area (Å²) in [6.45, 7) is 3.55. The Kier molecular flexibility index (Phi) is 8.81. The van der Waals surface area contributed by atoms with Gasteiger partial charge in [-0.15, -0.1) is 0 Å². The molecule has 1 rings (SSSR count). The van der Waals surface area contributed by atoms with Crippen LogP contribution in [-0.4, -0.2) is 43.5 Å². The number of rotatable bonds is 9. The molecule has 0 aliphatic rings. The fourth-order valence-electron chi connectivity index (χ4n) is 2.66. The van der Waals surface area contributed by atoms with Crippen molar-refractivity contribution >= 4 is 23.7 Å². The molecule has 0 spiro atoms. The van der Waals surface area contributed by atoms with Crippen LogP contribution in [0.1, 0.15) is 37.8 Å². The maximum absolute atomic E-state index is 13.5. The Balaban J connectivity index is 3.71. The van der Waals surface area contributed by atoms with Gasteiger partial charge in [0.15, 0.2) is 5.92 Å². The highest BCUT2D eigenvalue weighted by atomic mass is 19.4. The number of ether oxygens (including phenoxy) is 3. The van der Waals surface area contributed by atoms with Gasteiger partial charge >= 0.3 is 24.1 Å². The maximum Gasteiger partial charge on any atom is 0.416 e. The lowest BCUT2D eigenvalue weighted by molar-refractivity contribution is -0.166. The number of benzene rings is 1. The van der Waals surface area contributed by atoms with E-state index < -0.39 is 52.8 Å². The SMILES string of the molecule is CCOC(=O)C(=O)C(c1ccccc1C(F)(F)F)C(C(=O)OCC)C(=O)OCC. The number of alkyl halides is 3. The Labute approximate surface area is 165 Å². The summed E-state index contributed by atoms with van der Waals surface area (Å²) < 4.78 is 54.7. The monoisotopic (exact) mass is 418 g/mol. The third-order valence-electron chi connectivity index (χ3n) is 3.77. The Morgan fingerprint density at radius 2 is 1.34 bits per heavy atom. The van der Waals surface area contributed by atoms with Gasteiger partial charge < -0.3 is 14.2 Å². The smallest absolute Gasteiger partial charge is 0.416 e. The van der Waals surface area contributed by atoms with Gasteiger partial charge in [0.1, 0.15) is 0 Å². The molecular weight excluding hydrogens is 397 g/mol. The molecule has 29 heavy (non-hydrogen) atoms. The molecule has 0 fully saturated rings. The van der Waals surface area contributed by atoms with Gasteiger partial charge in [0, 0.05) is 0 Å². The van der Waals surface area contributed by atoms with E-state index in [4.69, 9.17) is 9.47 Å². The van der Waals surface area contributed by atoms with Gasteiger partial charge in [-0.2, -0.15) is 13.2 Å². The molecule has 1 atom stereocenters. The minimum atomic E-state index is -4.92. The van der Waals surface area contributed by atoms with Crippen molar-refractivity contribution < 1.29 is 46.6 Å². The number of ketones is 1. The van der Waals surface area contributed by atoms with Gasteiger partial charge in [0.05, 0.1) is 31.3 Å². The molecule has 7 nitrogen and oxygen atoms in total. The number of carbonyl (C=O) groups is 4. The van der Waals surface area contributed by atoms with E-state index >= 15 is 0 Å². The van der Waals surface area contributed by atoms with Crippen molar-refractivity contribution in [2.45, 2.75) is 32.9 Å². The molecule has 0 heterocycles. The number of halogens is 3. The lowest BCUT2D eigenvalue weighted by atomic mass is 9.80. The van der Waals surface area contributed by atoms with E-state index in [-0.39, 0.29) is 19.8 Å². The van der Waals surface area contributed by atoms with Crippen LogP contribution in [0.4, 0.5) is 13.2 Å². The fraction of sp³-hybridized carbons (Fsp3) is 0.474. The van der Waals surface area contributed by atoms with Gasteiger partial charge in [-0.3, -0.25) is 14.4 Å². The van der Waals surface area contributed by atoms with Crippen molar-refractivity contribution in [1.82, 2.24) is 0 Å². The average Bonchev–Trinajstić information content (AvgIpc) is 2.65. The molecule has 0 aromatic heterocycles. The Hall–Kier alpha value is -2.91. The molecular formula is C19H21F3O7. The first-order chi connectivity index (χ1) is 13.6. The predicted octanol–water partition coefficient (Wildman–Crippen LogP) is 2.66. The molecule has 0 N–H and O–H groups in total. The van der Waals surface area contributed by atoms with Crippen LogP contribution < -0.4 is 0 Å². The molecule has 0 bridgehead atoms. The molecule has 0 saturated carbocycles. The first kappa shape index (κ1) is 24.1. The number of Topliss-reactive ketones (excluding diaryl/α,β-unsaturated/α-hetero) is 1. The Morgan fingerprint density at radius 1 is 0.862 bits per heavy atom. The third-order valence-corrected chi connectivity index (χ3v) is 3.77. The highest BCUT2D eigenvalue weighted by Crippen LogP contribution is 2.39. The van der Waals surface area contributed by atoms with E-state index in [1.807, 2.05) is 0 Å². The number of carbonyl (C=O) groups excluding carboxylic acids is 4. The maximum atomic E-state index is 13.5. The molecule has 1 aromatic carbocycles. The van der Waals surface area contributed by atoms with Crippen LogP contribution in [0.25, 0.3) is 0 Å². The van der Waals surface area contributed by atoms with E-state index in [2.05, 4.69) is 4.74 Å². The minimum Gasteiger partial charge on any atom is -0.465 e. The third kappa shape index (κ3) is 6.03. The standard InChI is InChI=1S/C19H21F3O7/c1-4-27-16(24)14(17(25)28-5-2)13(15(23)18(26)29-6-3)11-9-7-8-10-12(11)19(20,21)22/h7-10,13-14H,4-6H2,1-3H3. The average molecular weight is 418 g/mol. The second-order valence-electron chi connectivity index (χ2n) is 5.63. The Morgan fingerprint density at radius 3 is 1.79 bits per heavy atom. The van der Waals surface area contributed by atoms with E-state index in [0.29, 0.717) is 6.07 Å². The lowest BCUT2D eigenvalue weighted by Crippen LogP contribution is -2.40. The molecule has 0 aliphatic carbocycles. The van der Waals surface area contributed by atoms with Crippen molar-refractivity contribution in [1.29, 1.82) is 0 Å². The van der Waals surface area contributed by atoms with E-state index in [1.165, 1.54) is 26.8 Å². The normalized spacial score (nSPS) is 12.2. The van der Waals surface area contributed by atoms with E-state index in [9.17, 15) is 32.3 Å². The quantitative estimate of drug-likeness (QED) is 0.263. The van der Waals surface area contributed by atoms with Crippen molar-refractivity contribution in [2.75, 3.05) is 19.8 Å². The van der Waals surface area contributed by atoms with Gasteiger partial charge in [-0.25, -0.2) is 4.79 Å². The summed E-state index contributed by atoms with van der Waals surface area (Å²) in [6.07, 6.45) is -4.92. The van der Waals surface area contributed by atoms with Gasteiger partial charge in [-0.05, 0) is 32.4 Å². The van der Waals surface area contributed by atoms with Crippen molar-refractivity contribution in [3.8, 4) is 0 Å². The predicted molar refractivity (Wildman–Crippen MR) is 92.6 cm³/mol. The minimum absolute atomic E-state index is 0.212. The van der Waals surface area contributed by atoms with E-state index in [0.717, 1.165) is 12.1 Å². The molecule has 0 saturated heterocycles. The molecule has 160 valence electrons. The first-order valence-electron chi connectivity index (χ1n) is 8.80. The molecule has 1 aromatic rings. The second kappa shape index (κ2) is 10.6. The largest absolute Gasteiger partial charge is 0.465 e. The summed E-state index contributed by atoms with van der Waals surface area (Å²) in [6, 6.07) is 3.84. The van der Waals surface area contributed by atoms with Gasteiger partial charge in [0.2, 0.25) is 5.78 Å². The lowest BCUT2D eigenvalue weighted by Gasteiger charge is -2.25. The first-order valence-corrected chi connectivity index (χ1v) is 8.80. The van der Waals surface area contributed by atoms with Crippen molar-refractivity contribution in [3.63, 3.8) is 0 Å². The molecule has 1 unspecified atom stereocenters. The second-order valence-corrected chi connectivity index (χ2v) is 5.63. The van der Waals surface area contributed by atoms with Crippen LogP contribution in [-0.2, 0) is 39.6 Å². The summed E-state index contributed by atoms with van der Waals surface area (Å²) in [5.74, 6) is -9.79. The summed E-state index contributed by atoms with van der Waals surface area (Å²) in [5, 5.41) is 0. The summed E-state index contributed by atoms with van der Waals surface area (Å²) in [5.41, 5.74) is -2.01. The molecule has 0 amide bonds. The highest BCUT2D eigenvalue weighted by molar-refractivity contribution is 6.37. The molecule has 0 aliphatic heterocycles. The van der Waals surface area contributed by atoms with Crippen LogP contribution >= 0.6 is 0 Å². The highest BCUT2D eigenvalue weighted by Gasteiger charge is 2.48. The summed E-state index contributed by atoms with van der Waals surface area (Å²) in [7, 11) is 0. The van der Waals surface area contributed by atoms with Crippen molar-refractivity contribution in [2.24, 2.45) is 5.92 Å². The zero-order valence-electron chi connectivity index (χ0n) is 16.1. The molecule has 0 radical (unpaired) electrons. The molecule has 10 heteroatoms. The van der Waals surface area contributed by atoms with Crippen LogP contribution in [0.5, 0.6) is 0 Å². The van der Waals surface area contributed by atoms with Crippen LogP contribution in [0.3, 0.4) is 0 Å². The topological polar surface area (TPSA) is 96.0 Å². The summed E-state index contributed by atoms with van der Waals surface area (Å²) >= 11 is 0. The van der Waals surface area contributed by atoms with E-state index in [1.54, 1.807) is 0 Å². The Bertz CT molecular complexity index is 740. The zero-order valence-corrected chi connectivity index (χ0v) is 16.1. The number of esters is 3. The van der Waals surface area contributed by atoms with Crippen LogP contribution in [0.2, 0.25) is 0 Å². The number of hydrogen-bond donors (Lipinski definition) is 0. The van der Waals surface area contributed by atoms with Crippen LogP contribution in [0.15, 0.2) is 24.3 Å². The fourth-order valence-corrected chi connectivity index (χ4v) is 2.66. The van der Waals surface area contributed by atoms with Crippen molar-refractivity contribution in [3.05, 3.63) is 35.4 Å². The number of hydrogen-bond acceptors (Lipinski definition) is 7. The van der Waals surface area contributed by atoms with Gasteiger partial charge in [-0.1, -0.05) is 18.2 Å². The van der Waals surface area contributed by atoms with Gasteiger partial charge in [0.25, 0.3) is 0 Å². The zero-order chi connectivity index (χ0) is 22.2.